The summed E-state index contributed by atoms with van der Waals surface area (Å²) in [6.07, 6.45) is 6.68. The molecule has 0 atom stereocenters. The van der Waals surface area contributed by atoms with E-state index in [4.69, 9.17) is 61.0 Å². The number of para-hydroxylation sites is 6. The van der Waals surface area contributed by atoms with Gasteiger partial charge in [-0.1, -0.05) is 342 Å². The number of unbranched alkanes of at least 4 members (excludes halogenated alkanes) is 2. The fraction of sp³-hybridized carbons (Fsp3) is 0.316. The summed E-state index contributed by atoms with van der Waals surface area (Å²) in [5.74, 6) is 5.57. The second-order valence-corrected chi connectivity index (χ2v) is 39.8. The maximum atomic E-state index is 12.0. The molecule has 24 nitrogen and oxygen atoms in total. The largest absolute Gasteiger partial charge is 1.00 e. The van der Waals surface area contributed by atoms with Gasteiger partial charge in [-0.15, -0.1) is 46.9 Å². The third-order valence-electron chi connectivity index (χ3n) is 20.4. The summed E-state index contributed by atoms with van der Waals surface area (Å²) in [6, 6.07) is 82.6. The van der Waals surface area contributed by atoms with Gasteiger partial charge in [0.15, 0.2) is 0 Å². The Morgan fingerprint density at radius 3 is 1.04 bits per heavy atom. The van der Waals surface area contributed by atoms with E-state index in [-0.39, 0.29) is 212 Å². The Hall–Kier alpha value is -5.70. The molecule has 7 aliphatic rings. The normalized spacial score (nSPS) is 14.0. The molecular weight excluding hydrogens is 2250 g/mol. The number of amides is 8. The Kier molecular flexibility index (Phi) is 58.4. The number of benzene rings is 9. The maximum Gasteiger partial charge on any atom is 1.00 e. The topological polar surface area (TPSA) is 300 Å². The van der Waals surface area contributed by atoms with Gasteiger partial charge in [-0.05, 0) is 101 Å². The molecule has 9 aromatic rings. The number of imide groups is 4. The molecule has 4 saturated heterocycles. The number of alkyl halides is 4. The Labute approximate surface area is 916 Å². The molecule has 8 amide bonds. The van der Waals surface area contributed by atoms with E-state index in [0.717, 1.165) is 85.0 Å². The molecule has 7 heterocycles. The molecule has 3 N–H and O–H groups in total. The smallest absolute Gasteiger partial charge is 1.00 e. The van der Waals surface area contributed by atoms with Crippen molar-refractivity contribution < 1.29 is 150 Å². The van der Waals surface area contributed by atoms with E-state index < -0.39 is 21.9 Å². The van der Waals surface area contributed by atoms with Crippen molar-refractivity contribution in [1.82, 2.24) is 20.3 Å². The number of thioether (sulfide) groups is 5. The van der Waals surface area contributed by atoms with Crippen LogP contribution in [0.3, 0.4) is 0 Å². The van der Waals surface area contributed by atoms with Gasteiger partial charge in [-0.25, -0.2) is 19.2 Å². The first-order valence-corrected chi connectivity index (χ1v) is 52.8. The first-order chi connectivity index (χ1) is 63.1. The molecule has 0 unspecified atom stereocenters. The molecule has 0 spiro atoms. The zero-order valence-corrected chi connectivity index (χ0v) is 89.5. The van der Waals surface area contributed by atoms with Gasteiger partial charge in [-0.2, -0.15) is 20.3 Å². The molecule has 16 rings (SSSR count). The first-order valence-electron chi connectivity index (χ1n) is 41.7. The van der Waals surface area contributed by atoms with Gasteiger partial charge in [0.25, 0.3) is 47.3 Å². The van der Waals surface area contributed by atoms with Gasteiger partial charge in [0, 0.05) is 146 Å². The van der Waals surface area contributed by atoms with Crippen LogP contribution >= 0.6 is 139 Å². The monoisotopic (exact) mass is 2360 g/mol. The van der Waals surface area contributed by atoms with Crippen molar-refractivity contribution in [3.05, 3.63) is 295 Å². The van der Waals surface area contributed by atoms with Crippen molar-refractivity contribution in [2.45, 2.75) is 145 Å². The Bertz CT molecular complexity index is 5340. The number of anilines is 6. The van der Waals surface area contributed by atoms with E-state index in [2.05, 4.69) is 244 Å². The van der Waals surface area contributed by atoms with Gasteiger partial charge < -0.3 is 43.2 Å². The molecule has 720 valence electrons. The zero-order valence-electron chi connectivity index (χ0n) is 73.8. The molecular formula is C98H113Cl2I3LiN8NaO16S7. The van der Waals surface area contributed by atoms with Crippen LogP contribution in [0.2, 0.25) is 0 Å². The van der Waals surface area contributed by atoms with Crippen molar-refractivity contribution in [1.29, 1.82) is 0 Å². The molecule has 136 heavy (non-hydrogen) atoms. The number of hydroxylamine groups is 8. The molecule has 9 aromatic carbocycles. The summed E-state index contributed by atoms with van der Waals surface area (Å²) in [4.78, 5) is 114. The fourth-order valence-corrected chi connectivity index (χ4v) is 21.5. The van der Waals surface area contributed by atoms with E-state index in [9.17, 15) is 51.3 Å². The zero-order chi connectivity index (χ0) is 92.9. The molecule has 4 fully saturated rings. The second-order valence-electron chi connectivity index (χ2n) is 29.1. The van der Waals surface area contributed by atoms with Gasteiger partial charge in [0.2, 0.25) is 0 Å². The average Bonchev–Trinajstić information content (AvgIpc) is 1.67. The maximum absolute atomic E-state index is 12.0. The molecule has 0 aromatic heterocycles. The number of hydrogen-bond acceptors (Lipinski definition) is 26. The third kappa shape index (κ3) is 35.4. The molecule has 0 bridgehead atoms. The van der Waals surface area contributed by atoms with Crippen LogP contribution in [0.5, 0.6) is 0 Å². The Morgan fingerprint density at radius 2 is 0.728 bits per heavy atom. The minimum Gasteiger partial charge on any atom is -1.00 e. The van der Waals surface area contributed by atoms with Crippen LogP contribution in [-0.2, 0) is 87.5 Å². The number of hydrogen-bond donors (Lipinski definition) is 2. The summed E-state index contributed by atoms with van der Waals surface area (Å²) < 4.78 is 36.9. The van der Waals surface area contributed by atoms with Crippen molar-refractivity contribution >= 4 is 246 Å². The summed E-state index contributed by atoms with van der Waals surface area (Å²) in [7, 11) is -4.19. The summed E-state index contributed by atoms with van der Waals surface area (Å²) in [5, 5.41) is 11.1. The number of carbonyl (C=O) groups excluding carboxylic acids is 8. The number of halogens is 5. The van der Waals surface area contributed by atoms with Gasteiger partial charge in [0.1, 0.15) is 22.6 Å². The fourth-order valence-electron chi connectivity index (χ4n) is 14.5. The molecule has 38 heteroatoms. The molecule has 0 aliphatic carbocycles. The van der Waals surface area contributed by atoms with Crippen LogP contribution in [-0.4, -0.2) is 139 Å². The van der Waals surface area contributed by atoms with Crippen molar-refractivity contribution in [3.8, 4) is 0 Å². The minimum absolute atomic E-state index is 0. The number of nitrogens with zero attached hydrogens (tertiary/aromatic N) is 7. The summed E-state index contributed by atoms with van der Waals surface area (Å²) in [6.45, 7) is 6.79. The standard InChI is InChI=1S/C30H30N2O3S2.C26H28N2OS2.C24H23NO3S3.C5H6ClNO3.C5H6INO3.C4H5NO3.CH2ClI.3CH4.HI.Li.Na.H2/c1-2-3-19-36-30(37-21-35-32-27(33)17-18-28(32)34)29-23-13-7-9-15-25(23)31(20-22-11-5-4-6-12-22)26-16-10-8-14-24(26)29;1-2-3-17-30-26(31-19-29-27)25-21-13-7-9-15-23(21)28(18-20-11-5-4-6-12-20)24-16-10-8-14-22(24)25;26-31(27,28)16-8-15-30-24(29)23-19-11-4-6-13-21(19)25(17-18-9-2-1-3-10-18)22-14-7-5-12-20(22)23;2*6-3-10-7-4(8)1-2-5(7)9;6-3-1-2-4(7)5(3)8;2-1-3;;;;;;;/h4-16H,2-3,17-21H2,1H3;4-16H,2-3,17-19,27H2,1H3;1-7,9-14,23H,8,15-17H2,(H,26,27,28);2*1-3H2;8H,1-2H2;1H2;3*1H4;1H;;;1H/q;;;;;;;;;;;2*+1;/p-2/i;;;;;;;;;;;;;1+1. The number of fused-ring (bicyclic) bond motifs is 6. The van der Waals surface area contributed by atoms with Crippen LogP contribution in [0.15, 0.2) is 245 Å². The third-order valence-corrected chi connectivity index (χ3v) is 27.9. The van der Waals surface area contributed by atoms with Gasteiger partial charge >= 0.3 is 48.4 Å². The van der Waals surface area contributed by atoms with E-state index >= 15 is 0 Å². The minimum atomic E-state index is -4.19. The Morgan fingerprint density at radius 1 is 0.441 bits per heavy atom. The summed E-state index contributed by atoms with van der Waals surface area (Å²) in [5.41, 5.74) is 20.5. The van der Waals surface area contributed by atoms with E-state index in [1.807, 2.05) is 94.6 Å². The van der Waals surface area contributed by atoms with Crippen LogP contribution in [0.1, 0.15) is 177 Å². The quantitative estimate of drug-likeness (QED) is 0.00404. The Balaban J connectivity index is 0.000000447. The summed E-state index contributed by atoms with van der Waals surface area (Å²) >= 11 is 28.4. The van der Waals surface area contributed by atoms with Crippen LogP contribution in [0, 0.1) is 0 Å². The predicted octanol–water partition coefficient (Wildman–Crippen LogP) is 15.0. The van der Waals surface area contributed by atoms with E-state index in [1.54, 1.807) is 23.5 Å². The van der Waals surface area contributed by atoms with Crippen LogP contribution in [0.25, 0.3) is 11.1 Å². The SMILES string of the molecule is C.C.C.CCCCSC(SCON)=C1c2ccccc2N(Cc2ccccc2)c2ccccc21.CCCCSC(SCON1C(=O)CCC1=O)=C1c2ccccc2N(Cc2ccccc2)c2ccccc21.ClCI.O=C1CCC(=O)N1O.O=C1CCC(=O)N1OCCl.O=C1CCC(=O)N1OCI.O=S(=O)([O-])CCCSC(=S)C1c2ccccc2N(Cc2ccccc2)c2ccccc21.[2HH].[I-].[Li+].[Na+]. The van der Waals surface area contributed by atoms with E-state index in [1.165, 1.54) is 102 Å². The van der Waals surface area contributed by atoms with Gasteiger partial charge in [0.05, 0.1) is 32.6 Å². The van der Waals surface area contributed by atoms with E-state index in [0.29, 0.717) is 31.7 Å². The number of rotatable bonds is 30. The predicted molar refractivity (Wildman–Crippen MR) is 565 cm³/mol. The number of carbonyl (C=O) groups is 8. The first kappa shape index (κ1) is 123. The van der Waals surface area contributed by atoms with Crippen LogP contribution in [0.4, 0.5) is 34.1 Å². The molecule has 0 radical (unpaired) electrons. The van der Waals surface area contributed by atoms with Crippen molar-refractivity contribution in [3.63, 3.8) is 0 Å². The van der Waals surface area contributed by atoms with Gasteiger partial charge in [-0.3, -0.25) is 58.1 Å². The molecule has 7 aliphatic heterocycles. The second kappa shape index (κ2) is 64.8. The van der Waals surface area contributed by atoms with Crippen molar-refractivity contribution in [2.24, 2.45) is 5.90 Å². The molecule has 0 saturated carbocycles. The average molecular weight is 2370 g/mol. The number of nitrogens with two attached hydrogens (primary N) is 1. The number of thiocarbonyl (C=S) groups is 1. The van der Waals surface area contributed by atoms with Crippen LogP contribution < -0.4 is 93.0 Å². The van der Waals surface area contributed by atoms with Crippen molar-refractivity contribution in [2.75, 3.05) is 64.2 Å².